The molecule has 1 N–H and O–H groups in total. The van der Waals surface area contributed by atoms with Crippen LogP contribution in [-0.2, 0) is 26.9 Å². The highest BCUT2D eigenvalue weighted by atomic mass is 35.5. The molecule has 1 unspecified atom stereocenters. The van der Waals surface area contributed by atoms with Gasteiger partial charge in [0.15, 0.2) is 5.54 Å². The van der Waals surface area contributed by atoms with Crippen molar-refractivity contribution in [3.8, 4) is 11.5 Å². The van der Waals surface area contributed by atoms with Crippen LogP contribution < -0.4 is 19.1 Å². The molecule has 2 fully saturated rings. The van der Waals surface area contributed by atoms with E-state index in [0.717, 1.165) is 42.5 Å². The molecule has 1 amide bonds. The molecule has 47 heavy (non-hydrogen) atoms. The zero-order valence-electron chi connectivity index (χ0n) is 26.2. The molecule has 11 nitrogen and oxygen atoms in total. The highest BCUT2D eigenvalue weighted by molar-refractivity contribution is 7.93. The van der Waals surface area contributed by atoms with E-state index in [9.17, 15) is 8.42 Å². The normalized spacial score (nSPS) is 22.1. The van der Waals surface area contributed by atoms with Gasteiger partial charge in [-0.3, -0.25) is 14.6 Å². The lowest BCUT2D eigenvalue weighted by Gasteiger charge is -2.41. The molecule has 13 heteroatoms. The van der Waals surface area contributed by atoms with Gasteiger partial charge in [0.2, 0.25) is 5.89 Å². The third-order valence-electron chi connectivity index (χ3n) is 9.35. The zero-order valence-corrected chi connectivity index (χ0v) is 27.8. The molecule has 7 rings (SSSR count). The van der Waals surface area contributed by atoms with Gasteiger partial charge in [-0.15, -0.1) is 0 Å². The molecular weight excluding hydrogens is 642 g/mol. The van der Waals surface area contributed by atoms with Gasteiger partial charge in [-0.1, -0.05) is 17.7 Å². The predicted octanol–water partition coefficient (Wildman–Crippen LogP) is 4.57. The van der Waals surface area contributed by atoms with E-state index in [4.69, 9.17) is 25.5 Å². The van der Waals surface area contributed by atoms with E-state index in [-0.39, 0.29) is 10.6 Å². The molecule has 0 saturated carbocycles. The van der Waals surface area contributed by atoms with E-state index in [1.807, 2.05) is 23.1 Å². The molecule has 1 aromatic heterocycles. The van der Waals surface area contributed by atoms with Crippen molar-refractivity contribution >= 4 is 33.2 Å². The summed E-state index contributed by atoms with van der Waals surface area (Å²) in [7, 11) is -1.34. The largest absolute Gasteiger partial charge is 0.497 e. The van der Waals surface area contributed by atoms with Crippen molar-refractivity contribution in [2.24, 2.45) is 0 Å². The molecule has 3 aromatic carbocycles. The van der Waals surface area contributed by atoms with Crippen molar-refractivity contribution in [2.45, 2.75) is 35.9 Å². The second kappa shape index (κ2) is 12.6. The summed E-state index contributed by atoms with van der Waals surface area (Å²) < 4.78 is 47.1. The van der Waals surface area contributed by atoms with Crippen LogP contribution in [0.15, 0.2) is 82.4 Å². The number of carbonyl (C=O) groups excluding carboxylic acids is 1. The average Bonchev–Trinajstić information content (AvgIpc) is 3.84. The summed E-state index contributed by atoms with van der Waals surface area (Å²) in [6.45, 7) is 4.67. The topological polar surface area (TPSA) is 117 Å². The van der Waals surface area contributed by atoms with Gasteiger partial charge in [-0.2, -0.15) is 0 Å². The number of ether oxygens (including phenoxy) is 2. The van der Waals surface area contributed by atoms with E-state index in [2.05, 4.69) is 15.2 Å². The summed E-state index contributed by atoms with van der Waals surface area (Å²) in [5.41, 5.74) is 0.528. The number of oxazole rings is 1. The van der Waals surface area contributed by atoms with Gasteiger partial charge < -0.3 is 19.2 Å². The van der Waals surface area contributed by atoms with Crippen LogP contribution in [0.25, 0.3) is 0 Å². The fourth-order valence-electron chi connectivity index (χ4n) is 7.22. The molecule has 0 spiro atoms. The van der Waals surface area contributed by atoms with Crippen LogP contribution in [0, 0.1) is 0 Å². The summed E-state index contributed by atoms with van der Waals surface area (Å²) >= 11 is 6.69. The maximum absolute atomic E-state index is 15.5. The molecule has 246 valence electrons. The lowest BCUT2D eigenvalue weighted by atomic mass is 9.80. The Kier molecular flexibility index (Phi) is 8.48. The van der Waals surface area contributed by atoms with Crippen LogP contribution in [-0.4, -0.2) is 76.1 Å². The highest BCUT2D eigenvalue weighted by Gasteiger charge is 2.62. The SMILES string of the molecule is COc1ccc(S(=O)(=O)N2C(=O)C(c3cc(CN4CCNCC4)ccc3OC)(N3CCC[C@H]3c3ncco3)c3cc(Cl)ccc32)cc1. The molecule has 3 aliphatic rings. The van der Waals surface area contributed by atoms with E-state index in [1.165, 1.54) is 25.5 Å². The number of aromatic nitrogens is 1. The second-order valence-electron chi connectivity index (χ2n) is 11.9. The molecule has 4 heterocycles. The molecule has 0 aliphatic carbocycles. The number of halogens is 1. The molecule has 2 saturated heterocycles. The number of anilines is 1. The fourth-order valence-corrected chi connectivity index (χ4v) is 8.85. The maximum Gasteiger partial charge on any atom is 0.271 e. The molecular formula is C34H36ClN5O6S. The minimum absolute atomic E-state index is 0.0477. The van der Waals surface area contributed by atoms with Crippen molar-refractivity contribution in [1.29, 1.82) is 0 Å². The number of fused-ring (bicyclic) bond motifs is 1. The summed E-state index contributed by atoms with van der Waals surface area (Å²) in [5.74, 6) is 0.748. The molecule has 3 aliphatic heterocycles. The Bertz CT molecular complexity index is 1880. The maximum atomic E-state index is 15.5. The van der Waals surface area contributed by atoms with Crippen LogP contribution in [0.2, 0.25) is 5.02 Å². The van der Waals surface area contributed by atoms with Crippen LogP contribution in [0.4, 0.5) is 5.69 Å². The van der Waals surface area contributed by atoms with Crippen molar-refractivity contribution in [1.82, 2.24) is 20.1 Å². The number of hydrogen-bond donors (Lipinski definition) is 1. The highest BCUT2D eigenvalue weighted by Crippen LogP contribution is 2.57. The summed E-state index contributed by atoms with van der Waals surface area (Å²) in [6, 6.07) is 16.3. The average molecular weight is 678 g/mol. The number of sulfonamides is 1. The molecule has 0 bridgehead atoms. The number of carbonyl (C=O) groups is 1. The van der Waals surface area contributed by atoms with Gasteiger partial charge in [-0.25, -0.2) is 17.7 Å². The number of piperazine rings is 1. The van der Waals surface area contributed by atoms with Gasteiger partial charge in [0.05, 0.1) is 37.0 Å². The number of nitrogens with one attached hydrogen (secondary N) is 1. The van der Waals surface area contributed by atoms with Gasteiger partial charge in [0.25, 0.3) is 15.9 Å². The minimum atomic E-state index is -4.41. The van der Waals surface area contributed by atoms with Crippen molar-refractivity contribution in [3.05, 3.63) is 101 Å². The zero-order chi connectivity index (χ0) is 32.8. The lowest BCUT2D eigenvalue weighted by molar-refractivity contribution is -0.127. The first-order valence-corrected chi connectivity index (χ1v) is 17.4. The Labute approximate surface area is 279 Å². The van der Waals surface area contributed by atoms with Crippen LogP contribution in [0.5, 0.6) is 11.5 Å². The third-order valence-corrected chi connectivity index (χ3v) is 11.3. The lowest BCUT2D eigenvalue weighted by Crippen LogP contribution is -2.54. The second-order valence-corrected chi connectivity index (χ2v) is 14.1. The standard InChI is InChI=1S/C34H36ClN5O6S/c1-44-25-7-9-26(10-8-25)47(42,43)40-29-11-6-24(35)21-27(29)34(33(40)41,39-16-3-4-30(39)32-37-15-19-46-32)28-20-23(5-12-31(28)45-2)22-38-17-13-36-14-18-38/h5-12,15,19-21,30,36H,3-4,13-14,16-18,22H2,1-2H3/t30-,34?/m0/s1. The van der Waals surface area contributed by atoms with E-state index >= 15 is 4.79 Å². The molecule has 4 aromatic rings. The first kappa shape index (κ1) is 31.6. The molecule has 2 atom stereocenters. The fraction of sp³-hybridized carbons (Fsp3) is 0.353. The van der Waals surface area contributed by atoms with E-state index < -0.39 is 27.5 Å². The number of rotatable bonds is 9. The summed E-state index contributed by atoms with van der Waals surface area (Å²) in [6.07, 6.45) is 4.47. The van der Waals surface area contributed by atoms with Crippen LogP contribution in [0.3, 0.4) is 0 Å². The Morgan fingerprint density at radius 2 is 1.79 bits per heavy atom. The van der Waals surface area contributed by atoms with Crippen molar-refractivity contribution in [3.63, 3.8) is 0 Å². The quantitative estimate of drug-likeness (QED) is 0.270. The Hall–Kier alpha value is -3.94. The van der Waals surface area contributed by atoms with Crippen LogP contribution in [0.1, 0.15) is 41.5 Å². The molecule has 0 radical (unpaired) electrons. The number of nitrogens with zero attached hydrogens (tertiary/aromatic N) is 4. The third kappa shape index (κ3) is 5.28. The number of amides is 1. The Morgan fingerprint density at radius 1 is 1.00 bits per heavy atom. The Balaban J connectivity index is 1.48. The number of methoxy groups -OCH3 is 2. The van der Waals surface area contributed by atoms with Gasteiger partial charge in [0.1, 0.15) is 17.8 Å². The van der Waals surface area contributed by atoms with Gasteiger partial charge in [0, 0.05) is 55.4 Å². The summed E-state index contributed by atoms with van der Waals surface area (Å²) in [4.78, 5) is 24.3. The predicted molar refractivity (Wildman–Crippen MR) is 176 cm³/mol. The van der Waals surface area contributed by atoms with Crippen LogP contribution >= 0.6 is 11.6 Å². The number of benzene rings is 3. The van der Waals surface area contributed by atoms with Gasteiger partial charge in [-0.05, 0) is 73.0 Å². The Morgan fingerprint density at radius 3 is 2.49 bits per heavy atom. The smallest absolute Gasteiger partial charge is 0.271 e. The number of likely N-dealkylation sites (tertiary alicyclic amines) is 1. The summed E-state index contributed by atoms with van der Waals surface area (Å²) in [5, 5.41) is 3.76. The monoisotopic (exact) mass is 677 g/mol. The van der Waals surface area contributed by atoms with Crippen molar-refractivity contribution < 1.29 is 27.1 Å². The first-order valence-electron chi connectivity index (χ1n) is 15.6. The first-order chi connectivity index (χ1) is 22.8. The van der Waals surface area contributed by atoms with E-state index in [0.29, 0.717) is 53.0 Å². The number of hydrogen-bond acceptors (Lipinski definition) is 10. The van der Waals surface area contributed by atoms with Gasteiger partial charge >= 0.3 is 0 Å². The van der Waals surface area contributed by atoms with Crippen molar-refractivity contribution in [2.75, 3.05) is 51.2 Å². The minimum Gasteiger partial charge on any atom is -0.497 e. The van der Waals surface area contributed by atoms with E-state index in [1.54, 1.807) is 43.6 Å².